The molecule has 0 radical (unpaired) electrons. The Kier molecular flexibility index (Phi) is 3.61. The van der Waals surface area contributed by atoms with Gasteiger partial charge in [0, 0.05) is 43.2 Å². The Morgan fingerprint density at radius 1 is 1.53 bits per heavy atom. The normalized spacial score (nSPS) is 22.6. The maximum absolute atomic E-state index is 9.20. The second kappa shape index (κ2) is 5.38. The van der Waals surface area contributed by atoms with Crippen molar-refractivity contribution >= 4 is 11.6 Å². The van der Waals surface area contributed by atoms with E-state index in [1.807, 2.05) is 12.1 Å². The summed E-state index contributed by atoms with van der Waals surface area (Å²) in [5.74, 6) is 0.972. The fraction of sp³-hybridized carbons (Fsp3) is 0.500. The average molecular weight is 278 g/mol. The van der Waals surface area contributed by atoms with Crippen molar-refractivity contribution in [2.24, 2.45) is 0 Å². The second-order valence-corrected chi connectivity index (χ2v) is 5.41. The Labute approximate surface area is 117 Å². The van der Waals surface area contributed by atoms with Gasteiger partial charge >= 0.3 is 0 Å². The predicted molar refractivity (Wildman–Crippen MR) is 73.3 cm³/mol. The Morgan fingerprint density at radius 3 is 3.26 bits per heavy atom. The van der Waals surface area contributed by atoms with Crippen molar-refractivity contribution in [2.45, 2.75) is 19.0 Å². The number of nitrogens with one attached hydrogen (secondary N) is 1. The van der Waals surface area contributed by atoms with Crippen molar-refractivity contribution in [1.29, 1.82) is 5.26 Å². The number of halogens is 1. The molecule has 2 heterocycles. The molecule has 3 rings (SSSR count). The summed E-state index contributed by atoms with van der Waals surface area (Å²) in [5.41, 5.74) is 2.29. The lowest BCUT2D eigenvalue weighted by Crippen LogP contribution is -2.50. The van der Waals surface area contributed by atoms with Gasteiger partial charge in [-0.1, -0.05) is 11.6 Å². The minimum Gasteiger partial charge on any atom is -0.493 e. The average Bonchev–Trinajstić information content (AvgIpc) is 2.87. The molecule has 1 aromatic carbocycles. The zero-order valence-corrected chi connectivity index (χ0v) is 11.4. The zero-order valence-electron chi connectivity index (χ0n) is 10.7. The number of piperazine rings is 1. The van der Waals surface area contributed by atoms with Gasteiger partial charge in [-0.25, -0.2) is 0 Å². The first-order chi connectivity index (χ1) is 9.28. The van der Waals surface area contributed by atoms with Gasteiger partial charge < -0.3 is 10.1 Å². The molecule has 1 unspecified atom stereocenters. The van der Waals surface area contributed by atoms with Crippen molar-refractivity contribution in [1.82, 2.24) is 10.2 Å². The van der Waals surface area contributed by atoms with E-state index < -0.39 is 0 Å². The summed E-state index contributed by atoms with van der Waals surface area (Å²) < 4.78 is 5.71. The van der Waals surface area contributed by atoms with Crippen molar-refractivity contribution < 1.29 is 4.74 Å². The minimum absolute atomic E-state index is 0.0789. The monoisotopic (exact) mass is 277 g/mol. The van der Waals surface area contributed by atoms with Crippen LogP contribution in [-0.2, 0) is 13.0 Å². The standard InChI is InChI=1S/C14H16ClN3O/c15-12-5-10-1-4-19-14(10)11(6-12)9-18-3-2-17-8-13(18)7-16/h5-6,13,17H,1-4,8-9H2. The van der Waals surface area contributed by atoms with Gasteiger partial charge in [-0.3, -0.25) is 4.90 Å². The molecule has 0 amide bonds. The van der Waals surface area contributed by atoms with Crippen molar-refractivity contribution in [3.63, 3.8) is 0 Å². The predicted octanol–water partition coefficient (Wildman–Crippen LogP) is 1.57. The lowest BCUT2D eigenvalue weighted by atomic mass is 10.1. The summed E-state index contributed by atoms with van der Waals surface area (Å²) in [5, 5.41) is 13.2. The fourth-order valence-corrected chi connectivity index (χ4v) is 3.01. The van der Waals surface area contributed by atoms with E-state index in [-0.39, 0.29) is 6.04 Å². The van der Waals surface area contributed by atoms with E-state index in [2.05, 4.69) is 16.3 Å². The molecule has 2 aliphatic heterocycles. The third-order valence-corrected chi connectivity index (χ3v) is 3.92. The highest BCUT2D eigenvalue weighted by Crippen LogP contribution is 2.33. The largest absolute Gasteiger partial charge is 0.493 e. The van der Waals surface area contributed by atoms with Gasteiger partial charge in [0.25, 0.3) is 0 Å². The number of rotatable bonds is 2. The Hall–Kier alpha value is -1.28. The second-order valence-electron chi connectivity index (χ2n) is 4.97. The summed E-state index contributed by atoms with van der Waals surface area (Å²) in [6, 6.07) is 6.21. The van der Waals surface area contributed by atoms with Crippen LogP contribution >= 0.6 is 11.6 Å². The van der Waals surface area contributed by atoms with Crippen LogP contribution in [0.5, 0.6) is 5.75 Å². The van der Waals surface area contributed by atoms with Crippen LogP contribution in [0.15, 0.2) is 12.1 Å². The highest BCUT2D eigenvalue weighted by atomic mass is 35.5. The Bertz CT molecular complexity index is 526. The number of nitrogens with zero attached hydrogens (tertiary/aromatic N) is 2. The van der Waals surface area contributed by atoms with Crippen LogP contribution in [0.2, 0.25) is 5.02 Å². The molecular formula is C14H16ClN3O. The highest BCUT2D eigenvalue weighted by Gasteiger charge is 2.25. The van der Waals surface area contributed by atoms with Crippen LogP contribution in [0.1, 0.15) is 11.1 Å². The van der Waals surface area contributed by atoms with Crippen molar-refractivity contribution in [3.8, 4) is 11.8 Å². The Morgan fingerprint density at radius 2 is 2.42 bits per heavy atom. The number of nitriles is 1. The van der Waals surface area contributed by atoms with Crippen LogP contribution in [0.25, 0.3) is 0 Å². The van der Waals surface area contributed by atoms with Crippen molar-refractivity contribution in [3.05, 3.63) is 28.3 Å². The molecule has 0 spiro atoms. The lowest BCUT2D eigenvalue weighted by Gasteiger charge is -2.32. The number of ether oxygens (including phenoxy) is 1. The SMILES string of the molecule is N#CC1CNCCN1Cc1cc(Cl)cc2c1OCC2. The summed E-state index contributed by atoms with van der Waals surface area (Å²) in [6.45, 7) is 3.97. The molecule has 19 heavy (non-hydrogen) atoms. The number of hydrogen-bond donors (Lipinski definition) is 1. The van der Waals surface area contributed by atoms with Gasteiger partial charge in [-0.15, -0.1) is 0 Å². The van der Waals surface area contributed by atoms with Crippen molar-refractivity contribution in [2.75, 3.05) is 26.2 Å². The summed E-state index contributed by atoms with van der Waals surface area (Å²) in [4.78, 5) is 2.18. The van der Waals surface area contributed by atoms with Gasteiger partial charge in [0.05, 0.1) is 12.7 Å². The van der Waals surface area contributed by atoms with E-state index in [1.54, 1.807) is 0 Å². The molecule has 1 atom stereocenters. The van der Waals surface area contributed by atoms with Gasteiger partial charge in [0.2, 0.25) is 0 Å². The third kappa shape index (κ3) is 2.55. The molecule has 0 aromatic heterocycles. The van der Waals surface area contributed by atoms with Gasteiger partial charge in [-0.05, 0) is 17.7 Å². The molecule has 0 saturated carbocycles. The molecule has 4 nitrogen and oxygen atoms in total. The molecule has 1 N–H and O–H groups in total. The van der Waals surface area contributed by atoms with Crippen LogP contribution < -0.4 is 10.1 Å². The van der Waals surface area contributed by atoms with Gasteiger partial charge in [0.15, 0.2) is 0 Å². The quantitative estimate of drug-likeness (QED) is 0.892. The van der Waals surface area contributed by atoms with Crippen LogP contribution in [-0.4, -0.2) is 37.2 Å². The molecule has 1 saturated heterocycles. The van der Waals surface area contributed by atoms with Crippen LogP contribution in [0.4, 0.5) is 0 Å². The topological polar surface area (TPSA) is 48.3 Å². The van der Waals surface area contributed by atoms with Crippen LogP contribution in [0, 0.1) is 11.3 Å². The van der Waals surface area contributed by atoms with E-state index >= 15 is 0 Å². The molecule has 100 valence electrons. The van der Waals surface area contributed by atoms with E-state index in [0.717, 1.165) is 55.5 Å². The number of benzene rings is 1. The molecule has 0 aliphatic carbocycles. The third-order valence-electron chi connectivity index (χ3n) is 3.70. The fourth-order valence-electron chi connectivity index (χ4n) is 2.75. The summed E-state index contributed by atoms with van der Waals surface area (Å²) in [6.07, 6.45) is 0.923. The van der Waals surface area contributed by atoms with E-state index in [9.17, 15) is 5.26 Å². The lowest BCUT2D eigenvalue weighted by molar-refractivity contribution is 0.187. The first kappa shape index (κ1) is 12.7. The smallest absolute Gasteiger partial charge is 0.127 e. The molecule has 0 bridgehead atoms. The highest BCUT2D eigenvalue weighted by molar-refractivity contribution is 6.30. The minimum atomic E-state index is -0.0789. The summed E-state index contributed by atoms with van der Waals surface area (Å²) in [7, 11) is 0. The zero-order chi connectivity index (χ0) is 13.2. The Balaban J connectivity index is 1.85. The van der Waals surface area contributed by atoms with E-state index in [1.165, 1.54) is 5.56 Å². The van der Waals surface area contributed by atoms with Gasteiger partial charge in [0.1, 0.15) is 11.8 Å². The molecule has 1 aromatic rings. The van der Waals surface area contributed by atoms with E-state index in [0.29, 0.717) is 0 Å². The molecule has 2 aliphatic rings. The number of fused-ring (bicyclic) bond motifs is 1. The van der Waals surface area contributed by atoms with Crippen LogP contribution in [0.3, 0.4) is 0 Å². The maximum atomic E-state index is 9.20. The summed E-state index contributed by atoms with van der Waals surface area (Å²) >= 11 is 6.17. The van der Waals surface area contributed by atoms with Gasteiger partial charge in [-0.2, -0.15) is 5.26 Å². The molecule has 5 heteroatoms. The number of hydrogen-bond acceptors (Lipinski definition) is 4. The molecular weight excluding hydrogens is 262 g/mol. The van der Waals surface area contributed by atoms with E-state index in [4.69, 9.17) is 16.3 Å². The first-order valence-electron chi connectivity index (χ1n) is 6.56. The molecule has 1 fully saturated rings. The maximum Gasteiger partial charge on any atom is 0.127 e. The first-order valence-corrected chi connectivity index (χ1v) is 6.94.